The van der Waals surface area contributed by atoms with E-state index >= 15 is 0 Å². The molecule has 0 spiro atoms. The van der Waals surface area contributed by atoms with Gasteiger partial charge >= 0.3 is 0 Å². The molecule has 2 atom stereocenters. The number of nitrogens with zero attached hydrogens (tertiary/aromatic N) is 2. The minimum atomic E-state index is -0.308. The third-order valence-corrected chi connectivity index (χ3v) is 6.14. The van der Waals surface area contributed by atoms with Crippen molar-refractivity contribution >= 4 is 23.1 Å². The molecule has 2 aromatic rings. The summed E-state index contributed by atoms with van der Waals surface area (Å²) in [4.78, 5) is 30.9. The zero-order valence-electron chi connectivity index (χ0n) is 20.1. The predicted octanol–water partition coefficient (Wildman–Crippen LogP) is 4.49. The Morgan fingerprint density at radius 3 is 2.36 bits per heavy atom. The molecule has 1 fully saturated rings. The maximum atomic E-state index is 13.8. The van der Waals surface area contributed by atoms with Crippen molar-refractivity contribution in [3.8, 4) is 5.75 Å². The first-order valence-electron chi connectivity index (χ1n) is 11.6. The van der Waals surface area contributed by atoms with E-state index in [4.69, 9.17) is 9.47 Å². The lowest BCUT2D eigenvalue weighted by molar-refractivity contribution is -0.121. The molecule has 4 rings (SSSR count). The van der Waals surface area contributed by atoms with Gasteiger partial charge in [0.05, 0.1) is 30.1 Å². The molecule has 0 aromatic heterocycles. The summed E-state index contributed by atoms with van der Waals surface area (Å²) in [7, 11) is 0. The molecule has 174 valence electrons. The number of benzene rings is 2. The third-order valence-electron chi connectivity index (χ3n) is 6.14. The van der Waals surface area contributed by atoms with Crippen molar-refractivity contribution in [1.82, 2.24) is 4.90 Å². The van der Waals surface area contributed by atoms with Crippen LogP contribution in [-0.4, -0.2) is 48.6 Å². The van der Waals surface area contributed by atoms with Crippen molar-refractivity contribution in [3.63, 3.8) is 0 Å². The van der Waals surface area contributed by atoms with Crippen molar-refractivity contribution in [1.29, 1.82) is 0 Å². The molecular weight excluding hydrogens is 416 g/mol. The zero-order valence-corrected chi connectivity index (χ0v) is 20.1. The van der Waals surface area contributed by atoms with Crippen LogP contribution >= 0.6 is 0 Å². The predicted molar refractivity (Wildman–Crippen MR) is 129 cm³/mol. The molecule has 2 amide bonds. The fraction of sp³-hybridized carbons (Fsp3) is 0.407. The Labute approximate surface area is 195 Å². The largest absolute Gasteiger partial charge is 0.494 e. The number of imide groups is 1. The fourth-order valence-corrected chi connectivity index (χ4v) is 4.50. The van der Waals surface area contributed by atoms with Crippen LogP contribution in [0.1, 0.15) is 43.9 Å². The number of carbonyl (C=O) groups is 2. The van der Waals surface area contributed by atoms with E-state index in [9.17, 15) is 9.59 Å². The van der Waals surface area contributed by atoms with Gasteiger partial charge in [-0.15, -0.1) is 0 Å². The van der Waals surface area contributed by atoms with Crippen LogP contribution in [0.2, 0.25) is 0 Å². The molecule has 33 heavy (non-hydrogen) atoms. The van der Waals surface area contributed by atoms with E-state index in [0.717, 1.165) is 23.1 Å². The number of anilines is 1. The Hall–Kier alpha value is -3.12. The quantitative estimate of drug-likeness (QED) is 0.610. The monoisotopic (exact) mass is 448 g/mol. The second-order valence-corrected chi connectivity index (χ2v) is 8.98. The zero-order chi connectivity index (χ0) is 23.7. The Balaban J connectivity index is 1.80. The van der Waals surface area contributed by atoms with E-state index in [2.05, 4.69) is 0 Å². The first-order valence-corrected chi connectivity index (χ1v) is 11.6. The molecule has 0 radical (unpaired) electrons. The van der Waals surface area contributed by atoms with Crippen molar-refractivity contribution < 1.29 is 19.1 Å². The first kappa shape index (κ1) is 23.1. The number of morpholine rings is 1. The number of carbonyl (C=O) groups excluding carboxylic acids is 2. The van der Waals surface area contributed by atoms with Gasteiger partial charge in [0.1, 0.15) is 11.4 Å². The SMILES string of the molecule is CCCOc1cccc(N2C(=O)C(c3ccc(C)c(C)c3)=C(N3CC(C)OC(C)C3)C2=O)c1. The smallest absolute Gasteiger partial charge is 0.282 e. The number of rotatable bonds is 6. The molecule has 6 nitrogen and oxygen atoms in total. The van der Waals surface area contributed by atoms with Gasteiger partial charge in [-0.3, -0.25) is 9.59 Å². The molecule has 1 saturated heterocycles. The van der Waals surface area contributed by atoms with Crippen LogP contribution in [-0.2, 0) is 14.3 Å². The minimum Gasteiger partial charge on any atom is -0.494 e. The molecule has 0 N–H and O–H groups in total. The van der Waals surface area contributed by atoms with Crippen LogP contribution in [0, 0.1) is 13.8 Å². The van der Waals surface area contributed by atoms with E-state index in [-0.39, 0.29) is 24.0 Å². The summed E-state index contributed by atoms with van der Waals surface area (Å²) in [5.74, 6) is 0.0320. The van der Waals surface area contributed by atoms with E-state index in [0.29, 0.717) is 42.4 Å². The fourth-order valence-electron chi connectivity index (χ4n) is 4.50. The van der Waals surface area contributed by atoms with E-state index < -0.39 is 0 Å². The molecule has 0 aliphatic carbocycles. The summed E-state index contributed by atoms with van der Waals surface area (Å²) in [5.41, 5.74) is 4.40. The van der Waals surface area contributed by atoms with E-state index in [1.54, 1.807) is 12.1 Å². The maximum absolute atomic E-state index is 13.8. The van der Waals surface area contributed by atoms with Gasteiger partial charge in [-0.1, -0.05) is 31.2 Å². The highest BCUT2D eigenvalue weighted by molar-refractivity contribution is 6.45. The number of hydrogen-bond acceptors (Lipinski definition) is 5. The van der Waals surface area contributed by atoms with Crippen molar-refractivity contribution in [2.24, 2.45) is 0 Å². The summed E-state index contributed by atoms with van der Waals surface area (Å²) in [6.07, 6.45) is 0.803. The number of amides is 2. The average molecular weight is 449 g/mol. The minimum absolute atomic E-state index is 0.0371. The number of hydrogen-bond donors (Lipinski definition) is 0. The van der Waals surface area contributed by atoms with Gasteiger partial charge in [-0.2, -0.15) is 0 Å². The van der Waals surface area contributed by atoms with Crippen molar-refractivity contribution in [2.45, 2.75) is 53.2 Å². The van der Waals surface area contributed by atoms with Gasteiger partial charge in [-0.25, -0.2) is 4.90 Å². The highest BCUT2D eigenvalue weighted by atomic mass is 16.5. The lowest BCUT2D eigenvalue weighted by Gasteiger charge is -2.37. The van der Waals surface area contributed by atoms with Crippen LogP contribution < -0.4 is 9.64 Å². The summed E-state index contributed by atoms with van der Waals surface area (Å²) in [6, 6.07) is 13.1. The first-order chi connectivity index (χ1) is 15.8. The molecular formula is C27H32N2O4. The topological polar surface area (TPSA) is 59.1 Å². The Kier molecular flexibility index (Phi) is 6.56. The summed E-state index contributed by atoms with van der Waals surface area (Å²) < 4.78 is 11.6. The average Bonchev–Trinajstić information content (AvgIpc) is 3.03. The molecule has 2 aromatic carbocycles. The highest BCUT2D eigenvalue weighted by Gasteiger charge is 2.44. The molecule has 2 aliphatic heterocycles. The molecule has 2 unspecified atom stereocenters. The van der Waals surface area contributed by atoms with E-state index in [1.165, 1.54) is 4.90 Å². The van der Waals surface area contributed by atoms with Crippen LogP contribution in [0.4, 0.5) is 5.69 Å². The lowest BCUT2D eigenvalue weighted by Crippen LogP contribution is -2.47. The van der Waals surface area contributed by atoms with Gasteiger partial charge < -0.3 is 14.4 Å². The number of aryl methyl sites for hydroxylation is 2. The van der Waals surface area contributed by atoms with Gasteiger partial charge in [-0.05, 0) is 62.9 Å². The molecule has 6 heteroatoms. The van der Waals surface area contributed by atoms with Crippen molar-refractivity contribution in [3.05, 3.63) is 64.9 Å². The van der Waals surface area contributed by atoms with Crippen LogP contribution in [0.3, 0.4) is 0 Å². The van der Waals surface area contributed by atoms with Crippen LogP contribution in [0.5, 0.6) is 5.75 Å². The second kappa shape index (κ2) is 9.40. The third kappa shape index (κ3) is 4.53. The Bertz CT molecular complexity index is 1100. The van der Waals surface area contributed by atoms with E-state index in [1.807, 2.05) is 69.9 Å². The normalized spacial score (nSPS) is 21.2. The maximum Gasteiger partial charge on any atom is 0.282 e. The second-order valence-electron chi connectivity index (χ2n) is 8.98. The van der Waals surface area contributed by atoms with Gasteiger partial charge in [0.25, 0.3) is 11.8 Å². The summed E-state index contributed by atoms with van der Waals surface area (Å²) >= 11 is 0. The summed E-state index contributed by atoms with van der Waals surface area (Å²) in [5, 5.41) is 0. The van der Waals surface area contributed by atoms with Crippen LogP contribution in [0.25, 0.3) is 5.57 Å². The van der Waals surface area contributed by atoms with Crippen LogP contribution in [0.15, 0.2) is 48.2 Å². The van der Waals surface area contributed by atoms with Gasteiger partial charge in [0.2, 0.25) is 0 Å². The lowest BCUT2D eigenvalue weighted by atomic mass is 9.99. The van der Waals surface area contributed by atoms with Crippen molar-refractivity contribution in [2.75, 3.05) is 24.6 Å². The Morgan fingerprint density at radius 2 is 1.70 bits per heavy atom. The van der Waals surface area contributed by atoms with Gasteiger partial charge in [0, 0.05) is 19.2 Å². The number of ether oxygens (including phenoxy) is 2. The standard InChI is InChI=1S/C27H32N2O4/c1-6-12-32-23-9-7-8-22(14-23)29-26(30)24(21-11-10-17(2)18(3)13-21)25(27(29)31)28-15-19(4)33-20(5)16-28/h7-11,13-14,19-20H,6,12,15-16H2,1-5H3. The summed E-state index contributed by atoms with van der Waals surface area (Å²) in [6.45, 7) is 11.8. The van der Waals surface area contributed by atoms with Gasteiger partial charge in [0.15, 0.2) is 0 Å². The molecule has 0 saturated carbocycles. The molecule has 2 aliphatic rings. The highest BCUT2D eigenvalue weighted by Crippen LogP contribution is 2.37. The Morgan fingerprint density at radius 1 is 0.970 bits per heavy atom. The molecule has 2 heterocycles. The molecule has 0 bridgehead atoms.